The first kappa shape index (κ1) is 15.0. The van der Waals surface area contributed by atoms with Crippen LogP contribution in [0.4, 0.5) is 0 Å². The molecule has 0 atom stereocenters. The van der Waals surface area contributed by atoms with E-state index in [9.17, 15) is 4.79 Å². The van der Waals surface area contributed by atoms with Crippen LogP contribution >= 0.6 is 31.9 Å². The Morgan fingerprint density at radius 1 is 1.42 bits per heavy atom. The second kappa shape index (κ2) is 6.40. The van der Waals surface area contributed by atoms with E-state index in [2.05, 4.69) is 44.1 Å². The molecule has 19 heavy (non-hydrogen) atoms. The molecule has 0 heterocycles. The van der Waals surface area contributed by atoms with Crippen LogP contribution in [0.2, 0.25) is 0 Å². The maximum Gasteiger partial charge on any atom is 0.251 e. The molecule has 1 aliphatic rings. The van der Waals surface area contributed by atoms with Gasteiger partial charge in [-0.15, -0.1) is 0 Å². The summed E-state index contributed by atoms with van der Waals surface area (Å²) in [5, 5.41) is 4.07. The van der Waals surface area contributed by atoms with Crippen molar-refractivity contribution in [2.45, 2.75) is 38.1 Å². The van der Waals surface area contributed by atoms with Gasteiger partial charge in [-0.3, -0.25) is 4.79 Å². The van der Waals surface area contributed by atoms with Gasteiger partial charge in [-0.1, -0.05) is 44.8 Å². The molecular weight excluding hydrogens is 370 g/mol. The van der Waals surface area contributed by atoms with Gasteiger partial charge in [-0.25, -0.2) is 0 Å². The molecule has 104 valence electrons. The molecule has 0 spiro atoms. The molecule has 0 unspecified atom stereocenters. The average molecular weight is 389 g/mol. The first-order chi connectivity index (χ1) is 9.04. The fourth-order valence-corrected chi connectivity index (χ4v) is 3.65. The van der Waals surface area contributed by atoms with Crippen molar-refractivity contribution in [3.63, 3.8) is 0 Å². The number of carbonyl (C=O) groups is 1. The van der Waals surface area contributed by atoms with E-state index in [1.54, 1.807) is 0 Å². The molecule has 1 aromatic rings. The van der Waals surface area contributed by atoms with E-state index >= 15 is 0 Å². The molecule has 1 aromatic carbocycles. The van der Waals surface area contributed by atoms with Gasteiger partial charge in [0.2, 0.25) is 0 Å². The topological polar surface area (TPSA) is 29.1 Å². The maximum absolute atomic E-state index is 12.4. The normalized spacial score (nSPS) is 27.0. The number of amides is 1. The average Bonchev–Trinajstić information content (AvgIpc) is 2.42. The third-order valence-electron chi connectivity index (χ3n) is 3.95. The fourth-order valence-electron chi connectivity index (χ4n) is 2.55. The van der Waals surface area contributed by atoms with Gasteiger partial charge >= 0.3 is 0 Å². The highest BCUT2D eigenvalue weighted by Gasteiger charge is 2.34. The Balaban J connectivity index is 2.08. The first-order valence-corrected chi connectivity index (χ1v) is 8.60. The van der Waals surface area contributed by atoms with Crippen LogP contribution in [0.15, 0.2) is 28.7 Å². The standard InChI is InChI=1S/C15H19Br2NO/c1-11-5-7-15(10-16,8-6-11)18-14(19)12-3-2-4-13(17)9-12/h2-4,9,11H,5-8,10H2,1H3,(H,18,19). The number of carbonyl (C=O) groups excluding carboxylic acids is 1. The third kappa shape index (κ3) is 3.82. The summed E-state index contributed by atoms with van der Waals surface area (Å²) >= 11 is 6.98. The van der Waals surface area contributed by atoms with Crippen LogP contribution < -0.4 is 5.32 Å². The number of hydrogen-bond donors (Lipinski definition) is 1. The molecule has 0 aliphatic heterocycles. The Hall–Kier alpha value is -0.350. The number of halogens is 2. The van der Waals surface area contributed by atoms with Crippen LogP contribution in [0.5, 0.6) is 0 Å². The monoisotopic (exact) mass is 387 g/mol. The van der Waals surface area contributed by atoms with Crippen molar-refractivity contribution in [1.29, 1.82) is 0 Å². The molecular formula is C15H19Br2NO. The Bertz CT molecular complexity index is 453. The smallest absolute Gasteiger partial charge is 0.251 e. The summed E-state index contributed by atoms with van der Waals surface area (Å²) in [4.78, 5) is 12.4. The lowest BCUT2D eigenvalue weighted by molar-refractivity contribution is 0.0874. The van der Waals surface area contributed by atoms with Gasteiger partial charge in [0.05, 0.1) is 5.54 Å². The second-order valence-electron chi connectivity index (χ2n) is 5.56. The van der Waals surface area contributed by atoms with Crippen molar-refractivity contribution in [3.8, 4) is 0 Å². The molecule has 0 aromatic heterocycles. The van der Waals surface area contributed by atoms with Crippen molar-refractivity contribution in [2.24, 2.45) is 5.92 Å². The fraction of sp³-hybridized carbons (Fsp3) is 0.533. The molecule has 2 rings (SSSR count). The zero-order valence-electron chi connectivity index (χ0n) is 11.1. The molecule has 0 radical (unpaired) electrons. The highest BCUT2D eigenvalue weighted by atomic mass is 79.9. The van der Waals surface area contributed by atoms with Crippen molar-refractivity contribution >= 4 is 37.8 Å². The quantitative estimate of drug-likeness (QED) is 0.757. The number of alkyl halides is 1. The Kier molecular flexibility index (Phi) is 5.07. The Morgan fingerprint density at radius 3 is 2.68 bits per heavy atom. The van der Waals surface area contributed by atoms with E-state index in [1.807, 2.05) is 24.3 Å². The minimum Gasteiger partial charge on any atom is -0.346 e. The Labute approximate surface area is 131 Å². The zero-order chi connectivity index (χ0) is 13.9. The van der Waals surface area contributed by atoms with Gasteiger partial charge in [0, 0.05) is 15.4 Å². The molecule has 2 nitrogen and oxygen atoms in total. The number of nitrogens with one attached hydrogen (secondary N) is 1. The van der Waals surface area contributed by atoms with Crippen LogP contribution in [0.3, 0.4) is 0 Å². The molecule has 1 N–H and O–H groups in total. The van der Waals surface area contributed by atoms with Gasteiger partial charge in [0.15, 0.2) is 0 Å². The van der Waals surface area contributed by atoms with Crippen LogP contribution in [-0.4, -0.2) is 16.8 Å². The molecule has 1 aliphatic carbocycles. The Morgan fingerprint density at radius 2 is 2.11 bits per heavy atom. The maximum atomic E-state index is 12.4. The van der Waals surface area contributed by atoms with E-state index < -0.39 is 0 Å². The number of benzene rings is 1. The summed E-state index contributed by atoms with van der Waals surface area (Å²) in [6.07, 6.45) is 4.48. The predicted molar refractivity (Wildman–Crippen MR) is 85.8 cm³/mol. The van der Waals surface area contributed by atoms with Crippen LogP contribution in [0, 0.1) is 5.92 Å². The van der Waals surface area contributed by atoms with Gasteiger partial charge in [-0.2, -0.15) is 0 Å². The summed E-state index contributed by atoms with van der Waals surface area (Å²) in [5.74, 6) is 0.797. The highest BCUT2D eigenvalue weighted by molar-refractivity contribution is 9.10. The largest absolute Gasteiger partial charge is 0.346 e. The van der Waals surface area contributed by atoms with Crippen LogP contribution in [0.25, 0.3) is 0 Å². The van der Waals surface area contributed by atoms with E-state index in [0.29, 0.717) is 5.56 Å². The molecule has 1 amide bonds. The molecule has 0 saturated heterocycles. The van der Waals surface area contributed by atoms with Crippen LogP contribution in [0.1, 0.15) is 43.0 Å². The zero-order valence-corrected chi connectivity index (χ0v) is 14.3. The van der Waals surface area contributed by atoms with Crippen molar-refractivity contribution in [3.05, 3.63) is 34.3 Å². The second-order valence-corrected chi connectivity index (χ2v) is 7.04. The summed E-state index contributed by atoms with van der Waals surface area (Å²) in [5.41, 5.74) is 0.639. The number of hydrogen-bond acceptors (Lipinski definition) is 1. The summed E-state index contributed by atoms with van der Waals surface area (Å²) in [7, 11) is 0. The van der Waals surface area contributed by atoms with Gasteiger partial charge in [0.1, 0.15) is 0 Å². The highest BCUT2D eigenvalue weighted by Crippen LogP contribution is 2.33. The summed E-state index contributed by atoms with van der Waals surface area (Å²) < 4.78 is 0.935. The minimum absolute atomic E-state index is 0.0234. The van der Waals surface area contributed by atoms with Crippen molar-refractivity contribution in [2.75, 3.05) is 5.33 Å². The van der Waals surface area contributed by atoms with E-state index in [-0.39, 0.29) is 11.4 Å². The molecule has 1 saturated carbocycles. The number of rotatable bonds is 3. The molecule has 0 bridgehead atoms. The van der Waals surface area contributed by atoms with E-state index in [4.69, 9.17) is 0 Å². The van der Waals surface area contributed by atoms with E-state index in [0.717, 1.165) is 28.6 Å². The first-order valence-electron chi connectivity index (χ1n) is 6.69. The van der Waals surface area contributed by atoms with Gasteiger partial charge in [0.25, 0.3) is 5.91 Å². The molecule has 4 heteroatoms. The SMILES string of the molecule is CC1CCC(CBr)(NC(=O)c2cccc(Br)c2)CC1. The third-order valence-corrected chi connectivity index (χ3v) is 5.52. The summed E-state index contributed by atoms with van der Waals surface area (Å²) in [6.45, 7) is 2.29. The van der Waals surface area contributed by atoms with Crippen molar-refractivity contribution < 1.29 is 4.79 Å². The van der Waals surface area contributed by atoms with Crippen LogP contribution in [-0.2, 0) is 0 Å². The lowest BCUT2D eigenvalue weighted by atomic mass is 9.78. The predicted octanol–water partition coefficient (Wildman–Crippen LogP) is 4.52. The lowest BCUT2D eigenvalue weighted by Gasteiger charge is -2.39. The lowest BCUT2D eigenvalue weighted by Crippen LogP contribution is -2.52. The van der Waals surface area contributed by atoms with E-state index in [1.165, 1.54) is 12.8 Å². The minimum atomic E-state index is -0.0775. The van der Waals surface area contributed by atoms with Crippen molar-refractivity contribution in [1.82, 2.24) is 5.32 Å². The molecule has 1 fully saturated rings. The van der Waals surface area contributed by atoms with Gasteiger partial charge < -0.3 is 5.32 Å². The van der Waals surface area contributed by atoms with Gasteiger partial charge in [-0.05, 0) is 49.8 Å². The summed E-state index contributed by atoms with van der Waals surface area (Å²) in [6, 6.07) is 7.54.